The fraction of sp³-hybridized carbons (Fsp3) is 0.111. The number of fused-ring (bicyclic) bond motifs is 1. The molecule has 13 heavy (non-hydrogen) atoms. The van der Waals surface area contributed by atoms with Gasteiger partial charge >= 0.3 is 0 Å². The highest BCUT2D eigenvalue weighted by Gasteiger charge is 1.97. The predicted octanol–water partition coefficient (Wildman–Crippen LogP) is 1.31. The van der Waals surface area contributed by atoms with Crippen molar-refractivity contribution in [1.82, 2.24) is 9.38 Å². The first-order chi connectivity index (χ1) is 6.42. The van der Waals surface area contributed by atoms with Gasteiger partial charge in [-0.2, -0.15) is 0 Å². The van der Waals surface area contributed by atoms with Gasteiger partial charge in [0.25, 0.3) is 0 Å². The zero-order valence-corrected chi connectivity index (χ0v) is 7.21. The van der Waals surface area contributed by atoms with Gasteiger partial charge in [0.15, 0.2) is 0 Å². The molecule has 0 aliphatic heterocycles. The van der Waals surface area contributed by atoms with E-state index in [0.717, 1.165) is 11.3 Å². The first kappa shape index (κ1) is 7.79. The van der Waals surface area contributed by atoms with Crippen molar-refractivity contribution in [1.29, 1.82) is 0 Å². The second kappa shape index (κ2) is 3.26. The molecule has 2 aromatic rings. The third-order valence-electron chi connectivity index (χ3n) is 1.74. The molecule has 2 aromatic heterocycles. The Balaban J connectivity index is 2.52. The van der Waals surface area contributed by atoms with Crippen LogP contribution in [0.1, 0.15) is 5.69 Å². The first-order valence-electron chi connectivity index (χ1n) is 3.90. The van der Waals surface area contributed by atoms with Crippen LogP contribution in [0.15, 0.2) is 35.7 Å². The molecular weight excluding hydrogens is 166 g/mol. The summed E-state index contributed by atoms with van der Waals surface area (Å²) in [6.45, 7) is 0. The van der Waals surface area contributed by atoms with E-state index in [1.54, 1.807) is 12.4 Å². The van der Waals surface area contributed by atoms with E-state index >= 15 is 0 Å². The van der Waals surface area contributed by atoms with Gasteiger partial charge in [-0.15, -0.1) is 0 Å². The van der Waals surface area contributed by atoms with Crippen LogP contribution in [0.2, 0.25) is 0 Å². The third kappa shape index (κ3) is 1.38. The van der Waals surface area contributed by atoms with E-state index in [-0.39, 0.29) is 0 Å². The predicted molar refractivity (Wildman–Crippen MR) is 49.8 cm³/mol. The molecule has 0 spiro atoms. The Morgan fingerprint density at radius 3 is 3.31 bits per heavy atom. The van der Waals surface area contributed by atoms with Crippen LogP contribution < -0.4 is 0 Å². The summed E-state index contributed by atoms with van der Waals surface area (Å²) < 4.78 is 1.93. The fourth-order valence-electron chi connectivity index (χ4n) is 1.15. The lowest BCUT2D eigenvalue weighted by molar-refractivity contribution is 0.215. The highest BCUT2D eigenvalue weighted by Crippen LogP contribution is 2.03. The molecule has 66 valence electrons. The highest BCUT2D eigenvalue weighted by molar-refractivity contribution is 5.78. The Labute approximate surface area is 75.5 Å². The van der Waals surface area contributed by atoms with E-state index in [1.807, 2.05) is 28.8 Å². The van der Waals surface area contributed by atoms with Gasteiger partial charge in [0, 0.05) is 6.20 Å². The van der Waals surface area contributed by atoms with E-state index in [4.69, 9.17) is 0 Å². The monoisotopic (exact) mass is 175 g/mol. The smallest absolute Gasteiger partial charge is 0.137 e. The molecule has 4 heteroatoms. The lowest BCUT2D eigenvalue weighted by Crippen LogP contribution is -1.89. The standard InChI is InChI=1S/C9H9N3O/c1-13-11-7-8-6-10-9-4-2-3-5-12(8)9/h2-7H,1H3/b11-7+. The van der Waals surface area contributed by atoms with Crippen molar-refractivity contribution in [3.8, 4) is 0 Å². The van der Waals surface area contributed by atoms with Gasteiger partial charge in [-0.1, -0.05) is 11.2 Å². The van der Waals surface area contributed by atoms with E-state index in [2.05, 4.69) is 15.0 Å². The zero-order valence-electron chi connectivity index (χ0n) is 7.21. The summed E-state index contributed by atoms with van der Waals surface area (Å²) in [5.41, 5.74) is 1.80. The Morgan fingerprint density at radius 1 is 1.54 bits per heavy atom. The maximum Gasteiger partial charge on any atom is 0.137 e. The molecule has 0 amide bonds. The Bertz CT molecular complexity index is 433. The molecule has 0 aliphatic rings. The van der Waals surface area contributed by atoms with Crippen LogP contribution in [0.4, 0.5) is 0 Å². The number of nitrogens with zero attached hydrogens (tertiary/aromatic N) is 3. The summed E-state index contributed by atoms with van der Waals surface area (Å²) in [5, 5.41) is 3.68. The van der Waals surface area contributed by atoms with Crippen molar-refractivity contribution < 1.29 is 4.84 Å². The number of oxime groups is 1. The number of hydrogen-bond acceptors (Lipinski definition) is 3. The van der Waals surface area contributed by atoms with Gasteiger partial charge in [-0.05, 0) is 12.1 Å². The Morgan fingerprint density at radius 2 is 2.46 bits per heavy atom. The van der Waals surface area contributed by atoms with Gasteiger partial charge < -0.3 is 4.84 Å². The van der Waals surface area contributed by atoms with E-state index in [1.165, 1.54) is 7.11 Å². The van der Waals surface area contributed by atoms with E-state index < -0.39 is 0 Å². The maximum atomic E-state index is 4.59. The van der Waals surface area contributed by atoms with Crippen molar-refractivity contribution >= 4 is 11.9 Å². The van der Waals surface area contributed by atoms with Crippen LogP contribution in [0.3, 0.4) is 0 Å². The number of aromatic nitrogens is 2. The number of pyridine rings is 1. The van der Waals surface area contributed by atoms with E-state index in [9.17, 15) is 0 Å². The molecule has 0 atom stereocenters. The van der Waals surface area contributed by atoms with Gasteiger partial charge in [-0.3, -0.25) is 4.40 Å². The van der Waals surface area contributed by atoms with Crippen LogP contribution in [0.25, 0.3) is 5.65 Å². The SMILES string of the molecule is CO/N=C/c1cnc2ccccn12. The highest BCUT2D eigenvalue weighted by atomic mass is 16.6. The number of hydrogen-bond donors (Lipinski definition) is 0. The van der Waals surface area contributed by atoms with Gasteiger partial charge in [0.1, 0.15) is 12.8 Å². The second-order valence-corrected chi connectivity index (χ2v) is 2.53. The molecule has 4 nitrogen and oxygen atoms in total. The van der Waals surface area contributed by atoms with Crippen LogP contribution in [0, 0.1) is 0 Å². The molecule has 0 saturated carbocycles. The van der Waals surface area contributed by atoms with Gasteiger partial charge in [0.2, 0.25) is 0 Å². The average Bonchev–Trinajstić information content (AvgIpc) is 2.58. The summed E-state index contributed by atoms with van der Waals surface area (Å²) in [6, 6.07) is 5.82. The molecule has 0 aromatic carbocycles. The average molecular weight is 175 g/mol. The number of imidazole rings is 1. The lowest BCUT2D eigenvalue weighted by atomic mass is 10.4. The molecule has 2 heterocycles. The maximum absolute atomic E-state index is 4.59. The molecule has 0 radical (unpaired) electrons. The molecule has 0 fully saturated rings. The molecular formula is C9H9N3O. The van der Waals surface area contributed by atoms with Crippen molar-refractivity contribution in [3.63, 3.8) is 0 Å². The van der Waals surface area contributed by atoms with Crippen molar-refractivity contribution in [3.05, 3.63) is 36.3 Å². The van der Waals surface area contributed by atoms with Crippen molar-refractivity contribution in [2.24, 2.45) is 5.16 Å². The minimum absolute atomic E-state index is 0.900. The Kier molecular flexibility index (Phi) is 1.96. The number of rotatable bonds is 2. The van der Waals surface area contributed by atoms with Crippen molar-refractivity contribution in [2.75, 3.05) is 7.11 Å². The molecule has 0 aliphatic carbocycles. The molecule has 0 N–H and O–H groups in total. The second-order valence-electron chi connectivity index (χ2n) is 2.53. The summed E-state index contributed by atoms with van der Waals surface area (Å²) in [5.74, 6) is 0. The topological polar surface area (TPSA) is 38.9 Å². The zero-order chi connectivity index (χ0) is 9.10. The first-order valence-corrected chi connectivity index (χ1v) is 3.90. The van der Waals surface area contributed by atoms with Crippen LogP contribution in [-0.2, 0) is 4.84 Å². The minimum Gasteiger partial charge on any atom is -0.399 e. The molecule has 0 bridgehead atoms. The van der Waals surface area contributed by atoms with E-state index in [0.29, 0.717) is 0 Å². The third-order valence-corrected chi connectivity index (χ3v) is 1.74. The van der Waals surface area contributed by atoms with Gasteiger partial charge in [-0.25, -0.2) is 4.98 Å². The van der Waals surface area contributed by atoms with Crippen molar-refractivity contribution in [2.45, 2.75) is 0 Å². The molecule has 0 unspecified atom stereocenters. The van der Waals surface area contributed by atoms with Crippen LogP contribution in [0.5, 0.6) is 0 Å². The lowest BCUT2D eigenvalue weighted by Gasteiger charge is -1.93. The quantitative estimate of drug-likeness (QED) is 0.510. The normalized spacial score (nSPS) is 11.2. The summed E-state index contributed by atoms with van der Waals surface area (Å²) in [4.78, 5) is 8.78. The largest absolute Gasteiger partial charge is 0.399 e. The Hall–Kier alpha value is -1.84. The van der Waals surface area contributed by atoms with Crippen LogP contribution >= 0.6 is 0 Å². The molecule has 2 rings (SSSR count). The minimum atomic E-state index is 0.900. The summed E-state index contributed by atoms with van der Waals surface area (Å²) in [7, 11) is 1.51. The van der Waals surface area contributed by atoms with Gasteiger partial charge in [0.05, 0.1) is 18.1 Å². The molecule has 0 saturated heterocycles. The van der Waals surface area contributed by atoms with Crippen LogP contribution in [-0.4, -0.2) is 22.7 Å². The summed E-state index contributed by atoms with van der Waals surface area (Å²) in [6.07, 6.45) is 5.30. The fourth-order valence-corrected chi connectivity index (χ4v) is 1.15. The summed E-state index contributed by atoms with van der Waals surface area (Å²) >= 11 is 0.